The minimum Gasteiger partial charge on any atom is -0.493 e. The summed E-state index contributed by atoms with van der Waals surface area (Å²) < 4.78 is 7.57. The second kappa shape index (κ2) is 7.44. The van der Waals surface area contributed by atoms with Crippen LogP contribution in [0.25, 0.3) is 11.1 Å². The Balaban J connectivity index is 1.63. The molecular formula is C20H20N4O2S. The van der Waals surface area contributed by atoms with Crippen LogP contribution >= 0.6 is 11.8 Å². The van der Waals surface area contributed by atoms with E-state index < -0.39 is 0 Å². The first-order valence-electron chi connectivity index (χ1n) is 8.71. The molecule has 7 heteroatoms. The maximum atomic E-state index is 12.8. The Kier molecular flexibility index (Phi) is 4.85. The molecule has 1 atom stereocenters. The molecule has 0 radical (unpaired) electrons. The summed E-state index contributed by atoms with van der Waals surface area (Å²) in [5, 5.41) is 8.12. The lowest BCUT2D eigenvalue weighted by molar-refractivity contribution is 0.0921. The van der Waals surface area contributed by atoms with Crippen molar-refractivity contribution in [2.24, 2.45) is 7.05 Å². The number of nitrogens with one attached hydrogen (secondary N) is 1. The Morgan fingerprint density at radius 1 is 1.33 bits per heavy atom. The van der Waals surface area contributed by atoms with Gasteiger partial charge in [0.15, 0.2) is 0 Å². The Morgan fingerprint density at radius 2 is 2.22 bits per heavy atom. The fourth-order valence-corrected chi connectivity index (χ4v) is 3.80. The highest BCUT2D eigenvalue weighted by molar-refractivity contribution is 7.98. The molecule has 1 aliphatic rings. The van der Waals surface area contributed by atoms with Crippen molar-refractivity contribution in [1.82, 2.24) is 20.1 Å². The van der Waals surface area contributed by atoms with Crippen molar-refractivity contribution < 1.29 is 9.53 Å². The molecule has 4 rings (SSSR count). The molecule has 0 spiro atoms. The van der Waals surface area contributed by atoms with Crippen LogP contribution in [0.1, 0.15) is 28.4 Å². The number of rotatable bonds is 4. The summed E-state index contributed by atoms with van der Waals surface area (Å²) in [6.45, 7) is 0.576. The topological polar surface area (TPSA) is 69.0 Å². The van der Waals surface area contributed by atoms with E-state index in [0.717, 1.165) is 33.9 Å². The minimum absolute atomic E-state index is 0.104. The third-order valence-corrected chi connectivity index (χ3v) is 5.31. The van der Waals surface area contributed by atoms with Gasteiger partial charge in [-0.3, -0.25) is 9.48 Å². The van der Waals surface area contributed by atoms with Crippen molar-refractivity contribution in [2.45, 2.75) is 17.5 Å². The summed E-state index contributed by atoms with van der Waals surface area (Å²) in [5.41, 5.74) is 3.68. The first-order valence-corrected chi connectivity index (χ1v) is 9.94. The predicted molar refractivity (Wildman–Crippen MR) is 105 cm³/mol. The quantitative estimate of drug-likeness (QED) is 0.702. The van der Waals surface area contributed by atoms with Crippen molar-refractivity contribution >= 4 is 17.7 Å². The number of nitrogens with zero attached hydrogens (tertiary/aromatic N) is 3. The molecule has 0 saturated heterocycles. The fraction of sp³-hybridized carbons (Fsp3) is 0.250. The molecule has 1 amide bonds. The van der Waals surface area contributed by atoms with Gasteiger partial charge in [-0.2, -0.15) is 5.10 Å². The van der Waals surface area contributed by atoms with Crippen molar-refractivity contribution in [3.8, 4) is 16.9 Å². The number of hydrogen-bond donors (Lipinski definition) is 1. The second-order valence-electron chi connectivity index (χ2n) is 6.38. The molecule has 1 aliphatic heterocycles. The Hall–Kier alpha value is -2.80. The van der Waals surface area contributed by atoms with Gasteiger partial charge in [-0.15, -0.1) is 11.8 Å². The maximum absolute atomic E-state index is 12.8. The maximum Gasteiger partial charge on any atom is 0.254 e. The Bertz CT molecular complexity index is 986. The van der Waals surface area contributed by atoms with Crippen LogP contribution in [-0.2, 0) is 7.05 Å². The molecule has 1 aromatic carbocycles. The molecule has 0 fully saturated rings. The van der Waals surface area contributed by atoms with E-state index in [-0.39, 0.29) is 11.9 Å². The lowest BCUT2D eigenvalue weighted by Gasteiger charge is -2.27. The zero-order chi connectivity index (χ0) is 18.8. The van der Waals surface area contributed by atoms with Crippen molar-refractivity contribution in [1.29, 1.82) is 0 Å². The van der Waals surface area contributed by atoms with E-state index in [1.807, 2.05) is 37.8 Å². The van der Waals surface area contributed by atoms with E-state index >= 15 is 0 Å². The number of carbonyl (C=O) groups is 1. The van der Waals surface area contributed by atoms with Gasteiger partial charge in [0.05, 0.1) is 24.4 Å². The predicted octanol–water partition coefficient (Wildman–Crippen LogP) is 3.46. The number of amides is 1. The highest BCUT2D eigenvalue weighted by Crippen LogP contribution is 2.35. The number of benzene rings is 1. The van der Waals surface area contributed by atoms with Crippen LogP contribution in [0.5, 0.6) is 5.75 Å². The van der Waals surface area contributed by atoms with Crippen LogP contribution in [0.3, 0.4) is 0 Å². The van der Waals surface area contributed by atoms with Crippen LogP contribution in [0.4, 0.5) is 0 Å². The highest BCUT2D eigenvalue weighted by Gasteiger charge is 2.25. The van der Waals surface area contributed by atoms with Gasteiger partial charge in [-0.1, -0.05) is 6.07 Å². The van der Waals surface area contributed by atoms with E-state index in [0.29, 0.717) is 12.2 Å². The van der Waals surface area contributed by atoms with Gasteiger partial charge >= 0.3 is 0 Å². The van der Waals surface area contributed by atoms with Crippen LogP contribution in [0.15, 0.2) is 53.9 Å². The lowest BCUT2D eigenvalue weighted by Crippen LogP contribution is -2.32. The van der Waals surface area contributed by atoms with Gasteiger partial charge in [0.2, 0.25) is 0 Å². The number of thioether (sulfide) groups is 1. The number of aromatic nitrogens is 3. The molecule has 0 bridgehead atoms. The fourth-order valence-electron chi connectivity index (χ4n) is 3.26. The number of ether oxygens (including phenoxy) is 1. The molecule has 138 valence electrons. The summed E-state index contributed by atoms with van der Waals surface area (Å²) in [6.07, 6.45) is 8.15. The van der Waals surface area contributed by atoms with Gasteiger partial charge in [0, 0.05) is 37.0 Å². The van der Waals surface area contributed by atoms with E-state index in [2.05, 4.69) is 21.5 Å². The number of carbonyl (C=O) groups excluding carboxylic acids is 1. The molecule has 6 nitrogen and oxygen atoms in total. The number of aryl methyl sites for hydroxylation is 1. The van der Waals surface area contributed by atoms with Gasteiger partial charge in [0.1, 0.15) is 10.8 Å². The third-order valence-electron chi connectivity index (χ3n) is 4.60. The van der Waals surface area contributed by atoms with Gasteiger partial charge in [0.25, 0.3) is 5.91 Å². The summed E-state index contributed by atoms with van der Waals surface area (Å²) >= 11 is 1.47. The van der Waals surface area contributed by atoms with Crippen LogP contribution in [-0.4, -0.2) is 33.5 Å². The van der Waals surface area contributed by atoms with Crippen LogP contribution < -0.4 is 10.1 Å². The van der Waals surface area contributed by atoms with Crippen LogP contribution in [0.2, 0.25) is 0 Å². The molecule has 0 saturated carbocycles. The molecule has 1 unspecified atom stereocenters. The van der Waals surface area contributed by atoms with E-state index in [4.69, 9.17) is 4.74 Å². The summed E-state index contributed by atoms with van der Waals surface area (Å²) in [4.78, 5) is 17.1. The summed E-state index contributed by atoms with van der Waals surface area (Å²) in [6, 6.07) is 9.55. The normalized spacial score (nSPS) is 15.7. The number of hydrogen-bond acceptors (Lipinski definition) is 5. The van der Waals surface area contributed by atoms with E-state index in [1.54, 1.807) is 23.0 Å². The molecule has 3 aromatic rings. The lowest BCUT2D eigenvalue weighted by atomic mass is 9.96. The summed E-state index contributed by atoms with van der Waals surface area (Å²) in [7, 11) is 1.89. The monoisotopic (exact) mass is 380 g/mol. The van der Waals surface area contributed by atoms with Crippen LogP contribution in [0, 0.1) is 0 Å². The molecule has 2 aromatic heterocycles. The zero-order valence-corrected chi connectivity index (χ0v) is 16.0. The zero-order valence-electron chi connectivity index (χ0n) is 15.2. The largest absolute Gasteiger partial charge is 0.493 e. The molecular weight excluding hydrogens is 360 g/mol. The molecule has 0 aliphatic carbocycles. The van der Waals surface area contributed by atoms with Crippen molar-refractivity contribution in [2.75, 3.05) is 12.9 Å². The number of fused-ring (bicyclic) bond motifs is 1. The second-order valence-corrected chi connectivity index (χ2v) is 7.17. The van der Waals surface area contributed by atoms with E-state index in [1.165, 1.54) is 11.8 Å². The summed E-state index contributed by atoms with van der Waals surface area (Å²) in [5.74, 6) is 0.701. The Morgan fingerprint density at radius 3 is 3.00 bits per heavy atom. The first kappa shape index (κ1) is 17.6. The van der Waals surface area contributed by atoms with Gasteiger partial charge in [-0.25, -0.2) is 4.98 Å². The van der Waals surface area contributed by atoms with Crippen molar-refractivity contribution in [3.05, 3.63) is 60.0 Å². The smallest absolute Gasteiger partial charge is 0.254 e. The standard InChI is InChI=1S/C20H20N4O2S/c1-24-12-14(11-22-24)13-5-6-18-16(10-13)17(7-9-26-18)23-19(25)15-4-3-8-21-20(15)27-2/h3-6,8,10-12,17H,7,9H2,1-2H3,(H,23,25). The molecule has 3 heterocycles. The SMILES string of the molecule is CSc1ncccc1C(=O)NC1CCOc2ccc(-c3cnn(C)c3)cc21. The first-order chi connectivity index (χ1) is 13.2. The highest BCUT2D eigenvalue weighted by atomic mass is 32.2. The minimum atomic E-state index is -0.114. The Labute approximate surface area is 162 Å². The third kappa shape index (κ3) is 3.55. The average molecular weight is 380 g/mol. The average Bonchev–Trinajstić information content (AvgIpc) is 3.14. The van der Waals surface area contributed by atoms with Gasteiger partial charge in [-0.05, 0) is 36.1 Å². The number of pyridine rings is 1. The molecule has 1 N–H and O–H groups in total. The van der Waals surface area contributed by atoms with E-state index in [9.17, 15) is 4.79 Å². The molecule has 27 heavy (non-hydrogen) atoms. The van der Waals surface area contributed by atoms with Gasteiger partial charge < -0.3 is 10.1 Å². The van der Waals surface area contributed by atoms with Crippen molar-refractivity contribution in [3.63, 3.8) is 0 Å².